The van der Waals surface area contributed by atoms with Crippen LogP contribution in [0.4, 0.5) is 0 Å². The molecule has 0 aliphatic carbocycles. The Morgan fingerprint density at radius 1 is 1.37 bits per heavy atom. The predicted octanol–water partition coefficient (Wildman–Crippen LogP) is 0.677. The minimum absolute atomic E-state index is 0.0310. The Bertz CT molecular complexity index is 551. The van der Waals surface area contributed by atoms with Crippen LogP contribution in [0.1, 0.15) is 12.0 Å². The number of aryl methyl sites for hydroxylation is 1. The van der Waals surface area contributed by atoms with E-state index in [9.17, 15) is 13.2 Å². The minimum Gasteiger partial charge on any atom is -0.484 e. The number of rotatable bonds is 4. The van der Waals surface area contributed by atoms with Crippen LogP contribution >= 0.6 is 0 Å². The third-order valence-corrected chi connectivity index (χ3v) is 4.76. The van der Waals surface area contributed by atoms with Crippen molar-refractivity contribution in [2.75, 3.05) is 18.1 Å². The fourth-order valence-corrected chi connectivity index (χ4v) is 3.63. The average molecular weight is 283 g/mol. The summed E-state index contributed by atoms with van der Waals surface area (Å²) in [5.41, 5.74) is 1.12. The van der Waals surface area contributed by atoms with E-state index >= 15 is 0 Å². The standard InChI is InChI=1S/C13H17NO4S/c1-10-2-4-12(5-3-10)18-8-13(15)14-11-6-7-19(16,17)9-11/h2-5,11H,6-9H2,1H3,(H,14,15)/t11-/m0/s1. The second-order valence-corrected chi connectivity index (χ2v) is 7.00. The zero-order valence-corrected chi connectivity index (χ0v) is 11.6. The zero-order valence-electron chi connectivity index (χ0n) is 10.8. The summed E-state index contributed by atoms with van der Waals surface area (Å²) < 4.78 is 27.8. The maximum absolute atomic E-state index is 11.6. The van der Waals surface area contributed by atoms with Gasteiger partial charge in [0.25, 0.3) is 5.91 Å². The molecule has 0 radical (unpaired) electrons. The van der Waals surface area contributed by atoms with E-state index in [4.69, 9.17) is 4.74 Å². The summed E-state index contributed by atoms with van der Waals surface area (Å²) >= 11 is 0. The second-order valence-electron chi connectivity index (χ2n) is 4.77. The van der Waals surface area contributed by atoms with Gasteiger partial charge in [-0.05, 0) is 25.5 Å². The fraction of sp³-hybridized carbons (Fsp3) is 0.462. The van der Waals surface area contributed by atoms with Crippen LogP contribution in [-0.2, 0) is 14.6 Å². The molecular weight excluding hydrogens is 266 g/mol. The van der Waals surface area contributed by atoms with Gasteiger partial charge in [-0.3, -0.25) is 4.79 Å². The highest BCUT2D eigenvalue weighted by atomic mass is 32.2. The Hall–Kier alpha value is -1.56. The Morgan fingerprint density at radius 2 is 2.05 bits per heavy atom. The van der Waals surface area contributed by atoms with E-state index in [-0.39, 0.29) is 30.1 Å². The van der Waals surface area contributed by atoms with Gasteiger partial charge in [-0.15, -0.1) is 0 Å². The van der Waals surface area contributed by atoms with Crippen molar-refractivity contribution in [3.63, 3.8) is 0 Å². The molecule has 1 amide bonds. The lowest BCUT2D eigenvalue weighted by molar-refractivity contribution is -0.123. The molecule has 6 heteroatoms. The fourth-order valence-electron chi connectivity index (χ4n) is 1.96. The van der Waals surface area contributed by atoms with Crippen LogP contribution in [0.2, 0.25) is 0 Å². The van der Waals surface area contributed by atoms with Gasteiger partial charge >= 0.3 is 0 Å². The molecule has 1 saturated heterocycles. The van der Waals surface area contributed by atoms with E-state index in [1.165, 1.54) is 0 Å². The number of benzene rings is 1. The Labute approximate surface area is 112 Å². The van der Waals surface area contributed by atoms with E-state index in [1.54, 1.807) is 12.1 Å². The van der Waals surface area contributed by atoms with Crippen molar-refractivity contribution in [2.24, 2.45) is 0 Å². The van der Waals surface area contributed by atoms with Gasteiger partial charge in [-0.1, -0.05) is 17.7 Å². The maximum atomic E-state index is 11.6. The van der Waals surface area contributed by atoms with Crippen molar-refractivity contribution in [1.29, 1.82) is 0 Å². The first kappa shape index (κ1) is 13.9. The first-order valence-electron chi connectivity index (χ1n) is 6.14. The van der Waals surface area contributed by atoms with E-state index in [0.29, 0.717) is 12.2 Å². The molecule has 1 fully saturated rings. The topological polar surface area (TPSA) is 72.5 Å². The van der Waals surface area contributed by atoms with Gasteiger partial charge in [0.15, 0.2) is 16.4 Å². The van der Waals surface area contributed by atoms with Crippen LogP contribution in [0.25, 0.3) is 0 Å². The lowest BCUT2D eigenvalue weighted by Gasteiger charge is -2.11. The smallest absolute Gasteiger partial charge is 0.258 e. The number of hydrogen-bond donors (Lipinski definition) is 1. The number of hydrogen-bond acceptors (Lipinski definition) is 4. The number of nitrogens with one attached hydrogen (secondary N) is 1. The van der Waals surface area contributed by atoms with E-state index in [2.05, 4.69) is 5.32 Å². The van der Waals surface area contributed by atoms with Crippen molar-refractivity contribution in [1.82, 2.24) is 5.32 Å². The van der Waals surface area contributed by atoms with Gasteiger partial charge in [-0.2, -0.15) is 0 Å². The molecule has 0 unspecified atom stereocenters. The SMILES string of the molecule is Cc1ccc(OCC(=O)N[C@H]2CCS(=O)(=O)C2)cc1. The lowest BCUT2D eigenvalue weighted by atomic mass is 10.2. The number of amides is 1. The average Bonchev–Trinajstić information content (AvgIpc) is 2.68. The van der Waals surface area contributed by atoms with Gasteiger partial charge in [0.1, 0.15) is 5.75 Å². The van der Waals surface area contributed by atoms with Crippen LogP contribution in [0.5, 0.6) is 5.75 Å². The van der Waals surface area contributed by atoms with Gasteiger partial charge < -0.3 is 10.1 Å². The predicted molar refractivity (Wildman–Crippen MR) is 71.9 cm³/mol. The molecule has 1 aliphatic heterocycles. The maximum Gasteiger partial charge on any atom is 0.258 e. The van der Waals surface area contributed by atoms with Gasteiger partial charge in [0, 0.05) is 6.04 Å². The Kier molecular flexibility index (Phi) is 4.09. The van der Waals surface area contributed by atoms with Gasteiger partial charge in [0.05, 0.1) is 11.5 Å². The van der Waals surface area contributed by atoms with Crippen LogP contribution < -0.4 is 10.1 Å². The molecule has 1 atom stereocenters. The first-order valence-corrected chi connectivity index (χ1v) is 7.96. The van der Waals surface area contributed by atoms with Crippen LogP contribution in [0, 0.1) is 6.92 Å². The largest absolute Gasteiger partial charge is 0.484 e. The third-order valence-electron chi connectivity index (χ3n) is 2.99. The zero-order chi connectivity index (χ0) is 13.9. The highest BCUT2D eigenvalue weighted by molar-refractivity contribution is 7.91. The summed E-state index contributed by atoms with van der Waals surface area (Å²) in [6, 6.07) is 7.11. The highest BCUT2D eigenvalue weighted by Crippen LogP contribution is 2.12. The lowest BCUT2D eigenvalue weighted by Crippen LogP contribution is -2.38. The molecule has 1 aromatic carbocycles. The summed E-state index contributed by atoms with van der Waals surface area (Å²) in [6.45, 7) is 1.87. The van der Waals surface area contributed by atoms with Crippen molar-refractivity contribution in [3.8, 4) is 5.75 Å². The van der Waals surface area contributed by atoms with E-state index in [1.807, 2.05) is 19.1 Å². The monoisotopic (exact) mass is 283 g/mol. The Balaban J connectivity index is 1.77. The first-order chi connectivity index (χ1) is 8.94. The summed E-state index contributed by atoms with van der Waals surface area (Å²) in [6.07, 6.45) is 0.485. The van der Waals surface area contributed by atoms with Crippen LogP contribution in [0.15, 0.2) is 24.3 Å². The van der Waals surface area contributed by atoms with Crippen LogP contribution in [-0.4, -0.2) is 38.5 Å². The number of sulfone groups is 1. The molecule has 1 aliphatic rings. The molecule has 0 spiro atoms. The summed E-state index contributed by atoms with van der Waals surface area (Å²) in [4.78, 5) is 11.6. The summed E-state index contributed by atoms with van der Waals surface area (Å²) in [5, 5.41) is 2.67. The van der Waals surface area contributed by atoms with Gasteiger partial charge in [-0.25, -0.2) is 8.42 Å². The quantitative estimate of drug-likeness (QED) is 0.882. The molecule has 5 nitrogen and oxygen atoms in total. The van der Waals surface area contributed by atoms with Gasteiger partial charge in [0.2, 0.25) is 0 Å². The van der Waals surface area contributed by atoms with Crippen LogP contribution in [0.3, 0.4) is 0 Å². The van der Waals surface area contributed by atoms with Crippen molar-refractivity contribution in [2.45, 2.75) is 19.4 Å². The minimum atomic E-state index is -2.97. The van der Waals surface area contributed by atoms with Crippen molar-refractivity contribution >= 4 is 15.7 Å². The normalized spacial score (nSPS) is 21.0. The third kappa shape index (κ3) is 4.24. The number of carbonyl (C=O) groups excluding carboxylic acids is 1. The molecule has 104 valence electrons. The summed E-state index contributed by atoms with van der Waals surface area (Å²) in [5.74, 6) is 0.516. The molecule has 1 heterocycles. The molecular formula is C13H17NO4S. The number of ether oxygens (including phenoxy) is 1. The molecule has 1 aromatic rings. The van der Waals surface area contributed by atoms with Crippen molar-refractivity contribution < 1.29 is 17.9 Å². The van der Waals surface area contributed by atoms with Crippen molar-refractivity contribution in [3.05, 3.63) is 29.8 Å². The molecule has 2 rings (SSSR count). The van der Waals surface area contributed by atoms with E-state index in [0.717, 1.165) is 5.56 Å². The molecule has 1 N–H and O–H groups in total. The molecule has 0 aromatic heterocycles. The second kappa shape index (κ2) is 5.61. The molecule has 0 bridgehead atoms. The molecule has 0 saturated carbocycles. The Morgan fingerprint density at radius 3 is 2.63 bits per heavy atom. The molecule has 19 heavy (non-hydrogen) atoms. The highest BCUT2D eigenvalue weighted by Gasteiger charge is 2.28. The summed E-state index contributed by atoms with van der Waals surface area (Å²) in [7, 11) is -2.97. The number of carbonyl (C=O) groups is 1. The van der Waals surface area contributed by atoms with E-state index < -0.39 is 9.84 Å².